The number of likely N-dealkylation sites (N-methyl/N-ethyl adjacent to an activating group) is 1. The molecule has 2 aromatic carbocycles. The van der Waals surface area contributed by atoms with Gasteiger partial charge in [-0.3, -0.25) is 9.69 Å². The highest BCUT2D eigenvalue weighted by Crippen LogP contribution is 2.26. The summed E-state index contributed by atoms with van der Waals surface area (Å²) in [6.07, 6.45) is 0.999. The van der Waals surface area contributed by atoms with Crippen LogP contribution in [0.1, 0.15) is 37.3 Å². The van der Waals surface area contributed by atoms with Gasteiger partial charge in [0.2, 0.25) is 5.91 Å². The molecule has 0 aromatic heterocycles. The monoisotopic (exact) mass is 362 g/mol. The van der Waals surface area contributed by atoms with Gasteiger partial charge in [-0.05, 0) is 43.1 Å². The molecule has 0 aliphatic heterocycles. The molecule has 1 amide bonds. The molecule has 0 bridgehead atoms. The lowest BCUT2D eigenvalue weighted by atomic mass is 9.97. The molecule has 0 spiro atoms. The molecule has 2 rings (SSSR count). The fraction of sp³-hybridized carbons (Fsp3) is 0.350. The Hall–Kier alpha value is -1.91. The molecule has 1 N–H and O–H groups in total. The fourth-order valence-electron chi connectivity index (χ4n) is 2.70. The third-order valence-electron chi connectivity index (χ3n) is 4.28. The number of nitrogens with one attached hydrogen (secondary N) is 1. The standard InChI is InChI=1S/C20H24ClFN2O/c1-4-14(2)15-8-5-6-11-19(15)23-20(25)13-24(3)12-16-17(21)9-7-10-18(16)22/h5-11,14H,4,12-13H2,1-3H3,(H,23,25)/t14-/m1/s1. The number of halogens is 2. The zero-order valence-corrected chi connectivity index (χ0v) is 15.6. The van der Waals surface area contributed by atoms with Gasteiger partial charge in [0, 0.05) is 22.8 Å². The first-order valence-corrected chi connectivity index (χ1v) is 8.80. The number of hydrogen-bond acceptors (Lipinski definition) is 2. The smallest absolute Gasteiger partial charge is 0.238 e. The number of benzene rings is 2. The molecule has 0 radical (unpaired) electrons. The van der Waals surface area contributed by atoms with Crippen LogP contribution < -0.4 is 5.32 Å². The predicted molar refractivity (Wildman–Crippen MR) is 102 cm³/mol. The Bertz CT molecular complexity index is 715. The van der Waals surface area contributed by atoms with Gasteiger partial charge < -0.3 is 5.32 Å². The van der Waals surface area contributed by atoms with Crippen LogP contribution in [0.4, 0.5) is 10.1 Å². The van der Waals surface area contributed by atoms with Crippen LogP contribution >= 0.6 is 11.6 Å². The molecule has 0 saturated carbocycles. The Morgan fingerprint density at radius 1 is 1.24 bits per heavy atom. The van der Waals surface area contributed by atoms with Crippen molar-refractivity contribution in [2.45, 2.75) is 32.7 Å². The van der Waals surface area contributed by atoms with Gasteiger partial charge in [0.1, 0.15) is 5.82 Å². The summed E-state index contributed by atoms with van der Waals surface area (Å²) in [5.41, 5.74) is 2.36. The SMILES string of the molecule is CC[C@@H](C)c1ccccc1NC(=O)CN(C)Cc1c(F)cccc1Cl. The Morgan fingerprint density at radius 2 is 1.96 bits per heavy atom. The van der Waals surface area contributed by atoms with E-state index in [0.29, 0.717) is 16.5 Å². The molecule has 0 aliphatic rings. The van der Waals surface area contributed by atoms with Crippen LogP contribution in [0.25, 0.3) is 0 Å². The Morgan fingerprint density at radius 3 is 2.64 bits per heavy atom. The number of carbonyl (C=O) groups is 1. The Labute approximate surface area is 153 Å². The zero-order chi connectivity index (χ0) is 18.4. The van der Waals surface area contributed by atoms with Crippen molar-refractivity contribution < 1.29 is 9.18 Å². The zero-order valence-electron chi connectivity index (χ0n) is 14.9. The Kier molecular flexibility index (Phi) is 6.97. The highest BCUT2D eigenvalue weighted by molar-refractivity contribution is 6.31. The molecular formula is C20H24ClFN2O. The Balaban J connectivity index is 2.01. The second-order valence-electron chi connectivity index (χ2n) is 6.32. The minimum atomic E-state index is -0.359. The third-order valence-corrected chi connectivity index (χ3v) is 4.64. The van der Waals surface area contributed by atoms with Crippen LogP contribution in [0.15, 0.2) is 42.5 Å². The third kappa shape index (κ3) is 5.28. The quantitative estimate of drug-likeness (QED) is 0.746. The molecule has 134 valence electrons. The van der Waals surface area contributed by atoms with Gasteiger partial charge >= 0.3 is 0 Å². The number of amides is 1. The number of rotatable bonds is 7. The van der Waals surface area contributed by atoms with Gasteiger partial charge in [-0.2, -0.15) is 0 Å². The fourth-order valence-corrected chi connectivity index (χ4v) is 2.93. The van der Waals surface area contributed by atoms with Crippen molar-refractivity contribution in [2.24, 2.45) is 0 Å². The molecule has 0 heterocycles. The van der Waals surface area contributed by atoms with Crippen molar-refractivity contribution in [3.8, 4) is 0 Å². The van der Waals surface area contributed by atoms with Gasteiger partial charge in [-0.1, -0.05) is 49.7 Å². The minimum Gasteiger partial charge on any atom is -0.325 e. The summed E-state index contributed by atoms with van der Waals surface area (Å²) in [5.74, 6) is -0.126. The van der Waals surface area contributed by atoms with E-state index in [-0.39, 0.29) is 24.8 Å². The highest BCUT2D eigenvalue weighted by Gasteiger charge is 2.14. The van der Waals surface area contributed by atoms with E-state index in [4.69, 9.17) is 11.6 Å². The summed E-state index contributed by atoms with van der Waals surface area (Å²) >= 11 is 6.04. The van der Waals surface area contributed by atoms with Crippen LogP contribution in [0.2, 0.25) is 5.02 Å². The molecule has 0 aliphatic carbocycles. The molecule has 5 heteroatoms. The second kappa shape index (κ2) is 8.97. The summed E-state index contributed by atoms with van der Waals surface area (Å²) in [7, 11) is 1.77. The van der Waals surface area contributed by atoms with Crippen LogP contribution in [0.3, 0.4) is 0 Å². The van der Waals surface area contributed by atoms with Crippen LogP contribution in [-0.4, -0.2) is 24.4 Å². The molecule has 25 heavy (non-hydrogen) atoms. The summed E-state index contributed by atoms with van der Waals surface area (Å²) in [4.78, 5) is 14.1. The summed E-state index contributed by atoms with van der Waals surface area (Å²) in [5, 5.41) is 3.33. The highest BCUT2D eigenvalue weighted by atomic mass is 35.5. The lowest BCUT2D eigenvalue weighted by Gasteiger charge is -2.19. The van der Waals surface area contributed by atoms with Crippen molar-refractivity contribution in [1.29, 1.82) is 0 Å². The van der Waals surface area contributed by atoms with Crippen LogP contribution in [-0.2, 0) is 11.3 Å². The first-order valence-electron chi connectivity index (χ1n) is 8.42. The first-order chi connectivity index (χ1) is 11.9. The number of anilines is 1. The van der Waals surface area contributed by atoms with E-state index in [1.807, 2.05) is 24.3 Å². The van der Waals surface area contributed by atoms with E-state index >= 15 is 0 Å². The second-order valence-corrected chi connectivity index (χ2v) is 6.72. The molecule has 0 fully saturated rings. The minimum absolute atomic E-state index is 0.134. The van der Waals surface area contributed by atoms with Crippen molar-refractivity contribution >= 4 is 23.2 Å². The molecule has 1 atom stereocenters. The lowest BCUT2D eigenvalue weighted by molar-refractivity contribution is -0.117. The average Bonchev–Trinajstić information content (AvgIpc) is 2.58. The summed E-state index contributed by atoms with van der Waals surface area (Å²) in [6, 6.07) is 12.4. The van der Waals surface area contributed by atoms with E-state index in [2.05, 4.69) is 19.2 Å². The normalized spacial score (nSPS) is 12.2. The van der Waals surface area contributed by atoms with Crippen molar-refractivity contribution in [3.63, 3.8) is 0 Å². The molecule has 0 saturated heterocycles. The van der Waals surface area contributed by atoms with E-state index < -0.39 is 0 Å². The van der Waals surface area contributed by atoms with Gasteiger partial charge in [0.15, 0.2) is 0 Å². The molecule has 3 nitrogen and oxygen atoms in total. The van der Waals surface area contributed by atoms with E-state index in [0.717, 1.165) is 17.7 Å². The van der Waals surface area contributed by atoms with Gasteiger partial charge in [-0.25, -0.2) is 4.39 Å². The number of carbonyl (C=O) groups excluding carboxylic acids is 1. The predicted octanol–water partition coefficient (Wildman–Crippen LogP) is 5.06. The van der Waals surface area contributed by atoms with E-state index in [9.17, 15) is 9.18 Å². The van der Waals surface area contributed by atoms with Gasteiger partial charge in [-0.15, -0.1) is 0 Å². The maximum absolute atomic E-state index is 13.9. The topological polar surface area (TPSA) is 32.3 Å². The molecular weight excluding hydrogens is 339 g/mol. The summed E-state index contributed by atoms with van der Waals surface area (Å²) < 4.78 is 13.9. The van der Waals surface area contributed by atoms with E-state index in [1.165, 1.54) is 6.07 Å². The van der Waals surface area contributed by atoms with Gasteiger partial charge in [0.05, 0.1) is 6.54 Å². The number of hydrogen-bond donors (Lipinski definition) is 1. The number of nitrogens with zero attached hydrogens (tertiary/aromatic N) is 1. The van der Waals surface area contributed by atoms with Crippen molar-refractivity contribution in [3.05, 3.63) is 64.4 Å². The van der Waals surface area contributed by atoms with Crippen molar-refractivity contribution in [1.82, 2.24) is 4.90 Å². The van der Waals surface area contributed by atoms with Crippen LogP contribution in [0.5, 0.6) is 0 Å². The summed E-state index contributed by atoms with van der Waals surface area (Å²) in [6.45, 7) is 4.68. The molecule has 0 unspecified atom stereocenters. The first kappa shape index (κ1) is 19.4. The lowest BCUT2D eigenvalue weighted by Crippen LogP contribution is -2.30. The maximum atomic E-state index is 13.9. The van der Waals surface area contributed by atoms with Gasteiger partial charge in [0.25, 0.3) is 0 Å². The van der Waals surface area contributed by atoms with E-state index in [1.54, 1.807) is 24.1 Å². The largest absolute Gasteiger partial charge is 0.325 e. The number of para-hydroxylation sites is 1. The van der Waals surface area contributed by atoms with Crippen LogP contribution in [0, 0.1) is 5.82 Å². The van der Waals surface area contributed by atoms with Crippen molar-refractivity contribution in [2.75, 3.05) is 18.9 Å². The maximum Gasteiger partial charge on any atom is 0.238 e. The average molecular weight is 363 g/mol. The molecule has 2 aromatic rings.